The molecule has 0 radical (unpaired) electrons. The maximum Gasteiger partial charge on any atom is 0.265 e. The molecular formula is C14H16N2O3. The van der Waals surface area contributed by atoms with Crippen LogP contribution in [-0.4, -0.2) is 24.7 Å². The third-order valence-corrected chi connectivity index (χ3v) is 2.85. The first-order valence-electron chi connectivity index (χ1n) is 6.33. The Hall–Kier alpha value is -2.22. The lowest BCUT2D eigenvalue weighted by Crippen LogP contribution is -2.47. The van der Waals surface area contributed by atoms with Gasteiger partial charge in [-0.15, -0.1) is 0 Å². The minimum absolute atomic E-state index is 0.160. The molecule has 1 heterocycles. The maximum absolute atomic E-state index is 12.0. The van der Waals surface area contributed by atoms with Crippen molar-refractivity contribution in [3.8, 4) is 17.6 Å². The largest absolute Gasteiger partial charge is 0.485 e. The third-order valence-electron chi connectivity index (χ3n) is 2.85. The smallest absolute Gasteiger partial charge is 0.265 e. The SMILES string of the molecule is CCCC(C#N)NC(=O)C1COc2ccccc2O1. The van der Waals surface area contributed by atoms with Crippen molar-refractivity contribution in [3.05, 3.63) is 24.3 Å². The molecule has 2 unspecified atom stereocenters. The Kier molecular flexibility index (Phi) is 4.24. The molecule has 1 N–H and O–H groups in total. The summed E-state index contributed by atoms with van der Waals surface area (Å²) >= 11 is 0. The van der Waals surface area contributed by atoms with Crippen molar-refractivity contribution in [2.24, 2.45) is 0 Å². The quantitative estimate of drug-likeness (QED) is 0.893. The number of nitriles is 1. The van der Waals surface area contributed by atoms with Crippen LogP contribution in [0, 0.1) is 11.3 Å². The Morgan fingerprint density at radius 1 is 1.53 bits per heavy atom. The van der Waals surface area contributed by atoms with Crippen LogP contribution in [0.1, 0.15) is 19.8 Å². The van der Waals surface area contributed by atoms with Crippen molar-refractivity contribution in [2.75, 3.05) is 6.61 Å². The van der Waals surface area contributed by atoms with E-state index in [9.17, 15) is 4.79 Å². The van der Waals surface area contributed by atoms with Gasteiger partial charge in [-0.25, -0.2) is 0 Å². The Morgan fingerprint density at radius 3 is 2.95 bits per heavy atom. The Bertz CT molecular complexity index is 496. The summed E-state index contributed by atoms with van der Waals surface area (Å²) in [6.07, 6.45) is 0.762. The van der Waals surface area contributed by atoms with E-state index in [-0.39, 0.29) is 12.5 Å². The highest BCUT2D eigenvalue weighted by atomic mass is 16.6. The van der Waals surface area contributed by atoms with E-state index in [2.05, 4.69) is 11.4 Å². The van der Waals surface area contributed by atoms with Gasteiger partial charge in [-0.05, 0) is 18.6 Å². The van der Waals surface area contributed by atoms with E-state index in [0.717, 1.165) is 6.42 Å². The minimum atomic E-state index is -0.706. The van der Waals surface area contributed by atoms with E-state index in [1.165, 1.54) is 0 Å². The van der Waals surface area contributed by atoms with Gasteiger partial charge >= 0.3 is 0 Å². The minimum Gasteiger partial charge on any atom is -0.485 e. The molecule has 19 heavy (non-hydrogen) atoms. The summed E-state index contributed by atoms with van der Waals surface area (Å²) in [6, 6.07) is 8.79. The monoisotopic (exact) mass is 260 g/mol. The van der Waals surface area contributed by atoms with Crippen LogP contribution < -0.4 is 14.8 Å². The second-order valence-corrected chi connectivity index (χ2v) is 4.34. The van der Waals surface area contributed by atoms with Crippen molar-refractivity contribution in [1.29, 1.82) is 5.26 Å². The van der Waals surface area contributed by atoms with Crippen molar-refractivity contribution in [2.45, 2.75) is 31.9 Å². The fourth-order valence-electron chi connectivity index (χ4n) is 1.87. The Balaban J connectivity index is 1.97. The van der Waals surface area contributed by atoms with Crippen molar-refractivity contribution < 1.29 is 14.3 Å². The molecular weight excluding hydrogens is 244 g/mol. The highest BCUT2D eigenvalue weighted by Gasteiger charge is 2.28. The van der Waals surface area contributed by atoms with Gasteiger partial charge in [-0.2, -0.15) is 5.26 Å². The predicted octanol–water partition coefficient (Wildman–Crippen LogP) is 1.63. The zero-order chi connectivity index (χ0) is 13.7. The molecule has 1 aromatic carbocycles. The summed E-state index contributed by atoms with van der Waals surface area (Å²) in [5.41, 5.74) is 0. The van der Waals surface area contributed by atoms with Crippen molar-refractivity contribution >= 4 is 5.91 Å². The molecule has 0 aromatic heterocycles. The number of nitrogens with zero attached hydrogens (tertiary/aromatic N) is 1. The number of fused-ring (bicyclic) bond motifs is 1. The first-order valence-corrected chi connectivity index (χ1v) is 6.33. The number of para-hydroxylation sites is 2. The summed E-state index contributed by atoms with van der Waals surface area (Å²) in [6.45, 7) is 2.13. The molecule has 1 aliphatic rings. The lowest BCUT2D eigenvalue weighted by Gasteiger charge is -2.26. The van der Waals surface area contributed by atoms with Gasteiger partial charge in [0, 0.05) is 0 Å². The standard InChI is InChI=1S/C14H16N2O3/c1-2-5-10(8-15)16-14(17)13-9-18-11-6-3-4-7-12(11)19-13/h3-4,6-7,10,13H,2,5,9H2,1H3,(H,16,17). The lowest BCUT2D eigenvalue weighted by atomic mass is 10.2. The lowest BCUT2D eigenvalue weighted by molar-refractivity contribution is -0.130. The molecule has 0 saturated heterocycles. The molecule has 1 aliphatic heterocycles. The van der Waals surface area contributed by atoms with E-state index in [1.54, 1.807) is 12.1 Å². The number of amides is 1. The van der Waals surface area contributed by atoms with Crippen LogP contribution in [0.3, 0.4) is 0 Å². The summed E-state index contributed by atoms with van der Waals surface area (Å²) in [4.78, 5) is 12.0. The molecule has 0 saturated carbocycles. The molecule has 2 rings (SSSR count). The van der Waals surface area contributed by atoms with Crippen LogP contribution >= 0.6 is 0 Å². The molecule has 1 amide bonds. The van der Waals surface area contributed by atoms with Crippen molar-refractivity contribution in [1.82, 2.24) is 5.32 Å². The molecule has 5 heteroatoms. The topological polar surface area (TPSA) is 71.4 Å². The van der Waals surface area contributed by atoms with Gasteiger partial charge < -0.3 is 14.8 Å². The summed E-state index contributed by atoms with van der Waals surface area (Å²) in [5, 5.41) is 11.6. The van der Waals surface area contributed by atoms with Crippen LogP contribution in [0.2, 0.25) is 0 Å². The number of rotatable bonds is 4. The Labute approximate surface area is 112 Å². The molecule has 1 aromatic rings. The van der Waals surface area contributed by atoms with Gasteiger partial charge in [0.25, 0.3) is 5.91 Å². The fourth-order valence-corrected chi connectivity index (χ4v) is 1.87. The van der Waals surface area contributed by atoms with Gasteiger partial charge in [-0.1, -0.05) is 25.5 Å². The number of hydrogen-bond acceptors (Lipinski definition) is 4. The van der Waals surface area contributed by atoms with Crippen molar-refractivity contribution in [3.63, 3.8) is 0 Å². The Morgan fingerprint density at radius 2 is 2.26 bits per heavy atom. The molecule has 100 valence electrons. The molecule has 0 aliphatic carbocycles. The van der Waals surface area contributed by atoms with Gasteiger partial charge in [0.15, 0.2) is 11.5 Å². The number of carbonyl (C=O) groups excluding carboxylic acids is 1. The first-order chi connectivity index (χ1) is 9.24. The third kappa shape index (κ3) is 3.16. The van der Waals surface area contributed by atoms with Crippen LogP contribution in [0.15, 0.2) is 24.3 Å². The average Bonchev–Trinajstić information content (AvgIpc) is 2.46. The van der Waals surface area contributed by atoms with E-state index in [0.29, 0.717) is 17.9 Å². The predicted molar refractivity (Wildman–Crippen MR) is 68.8 cm³/mol. The first kappa shape index (κ1) is 13.2. The normalized spacial score (nSPS) is 18.2. The zero-order valence-electron chi connectivity index (χ0n) is 10.8. The highest BCUT2D eigenvalue weighted by Crippen LogP contribution is 2.30. The zero-order valence-corrected chi connectivity index (χ0v) is 10.8. The van der Waals surface area contributed by atoms with Gasteiger partial charge in [0.2, 0.25) is 6.10 Å². The summed E-state index contributed by atoms with van der Waals surface area (Å²) in [7, 11) is 0. The maximum atomic E-state index is 12.0. The van der Waals surface area contributed by atoms with Crippen LogP contribution in [0.25, 0.3) is 0 Å². The molecule has 0 spiro atoms. The van der Waals surface area contributed by atoms with Gasteiger partial charge in [0.05, 0.1) is 6.07 Å². The highest BCUT2D eigenvalue weighted by molar-refractivity contribution is 5.82. The average molecular weight is 260 g/mol. The number of hydrogen-bond donors (Lipinski definition) is 1. The molecule has 0 bridgehead atoms. The van der Waals surface area contributed by atoms with Crippen LogP contribution in [0.4, 0.5) is 0 Å². The van der Waals surface area contributed by atoms with E-state index >= 15 is 0 Å². The van der Waals surface area contributed by atoms with Crippen LogP contribution in [-0.2, 0) is 4.79 Å². The number of benzene rings is 1. The van der Waals surface area contributed by atoms with E-state index < -0.39 is 12.1 Å². The van der Waals surface area contributed by atoms with E-state index in [4.69, 9.17) is 14.7 Å². The number of ether oxygens (including phenoxy) is 2. The summed E-state index contributed by atoms with van der Waals surface area (Å²) in [5.74, 6) is 0.879. The van der Waals surface area contributed by atoms with Gasteiger partial charge in [-0.3, -0.25) is 4.79 Å². The van der Waals surface area contributed by atoms with E-state index in [1.807, 2.05) is 19.1 Å². The second kappa shape index (κ2) is 6.10. The molecule has 5 nitrogen and oxygen atoms in total. The van der Waals surface area contributed by atoms with Gasteiger partial charge in [0.1, 0.15) is 12.6 Å². The second-order valence-electron chi connectivity index (χ2n) is 4.34. The fraction of sp³-hybridized carbons (Fsp3) is 0.429. The van der Waals surface area contributed by atoms with Crippen LogP contribution in [0.5, 0.6) is 11.5 Å². The summed E-state index contributed by atoms with van der Waals surface area (Å²) < 4.78 is 11.0. The number of carbonyl (C=O) groups is 1. The molecule has 2 atom stereocenters. The number of nitrogens with one attached hydrogen (secondary N) is 1. The molecule has 0 fully saturated rings.